The van der Waals surface area contributed by atoms with Crippen LogP contribution < -0.4 is 5.23 Å². The monoisotopic (exact) mass is 380 g/mol. The molecule has 0 radical (unpaired) electrons. The van der Waals surface area contributed by atoms with Crippen molar-refractivity contribution in [3.63, 3.8) is 0 Å². The lowest BCUT2D eigenvalue weighted by molar-refractivity contribution is -0.989. The van der Waals surface area contributed by atoms with Crippen LogP contribution in [0.5, 0.6) is 0 Å². The number of rotatable bonds is 5. The normalized spacial score (nSPS) is 12.4. The third-order valence-corrected chi connectivity index (χ3v) is 5.29. The van der Waals surface area contributed by atoms with Crippen LogP contribution in [-0.2, 0) is 13.1 Å². The van der Waals surface area contributed by atoms with Crippen molar-refractivity contribution in [2.24, 2.45) is 0 Å². The molecule has 4 rings (SSSR count). The number of imidazole rings is 2. The van der Waals surface area contributed by atoms with Gasteiger partial charge in [-0.15, -0.1) is 0 Å². The second kappa shape index (κ2) is 6.94. The molecule has 8 nitrogen and oxygen atoms in total. The van der Waals surface area contributed by atoms with Crippen molar-refractivity contribution in [2.75, 3.05) is 0 Å². The Morgan fingerprint density at radius 3 is 2.93 bits per heavy atom. The molecular formula is C18H16N6O2S. The van der Waals surface area contributed by atoms with Gasteiger partial charge in [0.25, 0.3) is 0 Å². The number of aromatic nitrogens is 4. The smallest absolute Gasteiger partial charge is 0.220 e. The molecule has 0 saturated heterocycles. The van der Waals surface area contributed by atoms with Crippen LogP contribution in [0.15, 0.2) is 42.0 Å². The van der Waals surface area contributed by atoms with E-state index in [1.807, 2.05) is 16.8 Å². The second-order valence-corrected chi connectivity index (χ2v) is 6.88. The van der Waals surface area contributed by atoms with Crippen LogP contribution in [0, 0.1) is 16.5 Å². The predicted octanol–water partition coefficient (Wildman–Crippen LogP) is 2.30. The first-order valence-corrected chi connectivity index (χ1v) is 9.21. The zero-order valence-electron chi connectivity index (χ0n) is 14.5. The topological polar surface area (TPSA) is 107 Å². The summed E-state index contributed by atoms with van der Waals surface area (Å²) in [6.45, 7) is 3.30. The standard InChI is InChI=1S/C18H16N6O2S/c1-2-23-15-4-3-12(9-19)7-14(15)21-16(23)10-22-6-5-20-18(22)13-8-17(24(25)26)27-11-13/h3-8,11,24-25H,2,10H2,1H3. The van der Waals surface area contributed by atoms with Gasteiger partial charge in [-0.2, -0.15) is 10.5 Å². The Labute approximate surface area is 158 Å². The summed E-state index contributed by atoms with van der Waals surface area (Å²) in [4.78, 5) is 9.10. The number of nitrogens with zero attached hydrogens (tertiary/aromatic N) is 5. The highest BCUT2D eigenvalue weighted by atomic mass is 32.1. The molecule has 2 N–H and O–H groups in total. The van der Waals surface area contributed by atoms with Gasteiger partial charge in [-0.25, -0.2) is 15.2 Å². The lowest BCUT2D eigenvalue weighted by Crippen LogP contribution is -2.98. The van der Waals surface area contributed by atoms with Crippen molar-refractivity contribution in [3.8, 4) is 17.5 Å². The van der Waals surface area contributed by atoms with E-state index in [0.717, 1.165) is 29.0 Å². The first-order valence-electron chi connectivity index (χ1n) is 8.33. The highest BCUT2D eigenvalue weighted by Crippen LogP contribution is 2.27. The Morgan fingerprint density at radius 1 is 1.37 bits per heavy atom. The van der Waals surface area contributed by atoms with Gasteiger partial charge >= 0.3 is 0 Å². The maximum atomic E-state index is 11.1. The van der Waals surface area contributed by atoms with Crippen LogP contribution in [0.25, 0.3) is 22.4 Å². The van der Waals surface area contributed by atoms with Gasteiger partial charge in [-0.1, -0.05) is 11.3 Å². The fourth-order valence-electron chi connectivity index (χ4n) is 3.14. The maximum absolute atomic E-state index is 11.1. The highest BCUT2D eigenvalue weighted by Gasteiger charge is 2.15. The van der Waals surface area contributed by atoms with Gasteiger partial charge in [0.1, 0.15) is 11.6 Å². The van der Waals surface area contributed by atoms with Crippen LogP contribution in [0.1, 0.15) is 18.3 Å². The Balaban J connectivity index is 1.73. The number of fused-ring (bicyclic) bond motifs is 1. The number of nitrogens with one attached hydrogen (secondary N) is 1. The molecular weight excluding hydrogens is 364 g/mol. The second-order valence-electron chi connectivity index (χ2n) is 5.97. The average molecular weight is 380 g/mol. The third-order valence-electron chi connectivity index (χ3n) is 4.37. The molecule has 0 fully saturated rings. The summed E-state index contributed by atoms with van der Waals surface area (Å²) in [6, 6.07) is 9.27. The zero-order valence-corrected chi connectivity index (χ0v) is 15.3. The molecule has 1 aromatic carbocycles. The SMILES string of the molecule is CCn1c(Cn2ccnc2-c2csc([NH+]([O-])O)c2)nc2cc(C#N)ccc21. The fraction of sp³-hybridized carbons (Fsp3) is 0.167. The van der Waals surface area contributed by atoms with Crippen LogP contribution in [0.3, 0.4) is 0 Å². The molecule has 3 heterocycles. The van der Waals surface area contributed by atoms with E-state index < -0.39 is 5.23 Å². The summed E-state index contributed by atoms with van der Waals surface area (Å²) >= 11 is 1.18. The molecule has 136 valence electrons. The Kier molecular flexibility index (Phi) is 4.47. The minimum Gasteiger partial charge on any atom is -0.594 e. The molecule has 9 heteroatoms. The molecule has 0 aliphatic rings. The molecule has 27 heavy (non-hydrogen) atoms. The van der Waals surface area contributed by atoms with Gasteiger partial charge < -0.3 is 14.3 Å². The molecule has 0 saturated carbocycles. The number of aryl methyl sites for hydroxylation is 1. The van der Waals surface area contributed by atoms with Crippen LogP contribution in [0.4, 0.5) is 5.00 Å². The van der Waals surface area contributed by atoms with Crippen molar-refractivity contribution in [2.45, 2.75) is 20.0 Å². The quantitative estimate of drug-likeness (QED) is 0.517. The van der Waals surface area contributed by atoms with Crippen LogP contribution in [0.2, 0.25) is 0 Å². The molecule has 1 unspecified atom stereocenters. The summed E-state index contributed by atoms with van der Waals surface area (Å²) < 4.78 is 4.06. The molecule has 1 atom stereocenters. The molecule has 3 aromatic heterocycles. The van der Waals surface area contributed by atoms with Gasteiger partial charge in [0.05, 0.1) is 29.2 Å². The summed E-state index contributed by atoms with van der Waals surface area (Å²) in [5, 5.41) is 30.5. The first kappa shape index (κ1) is 17.4. The number of nitriles is 1. The molecule has 0 spiro atoms. The van der Waals surface area contributed by atoms with E-state index in [9.17, 15) is 5.21 Å². The first-order chi connectivity index (χ1) is 13.1. The van der Waals surface area contributed by atoms with Gasteiger partial charge in [0, 0.05) is 35.9 Å². The van der Waals surface area contributed by atoms with Crippen molar-refractivity contribution in [1.29, 1.82) is 5.26 Å². The van der Waals surface area contributed by atoms with E-state index in [4.69, 9.17) is 15.5 Å². The zero-order chi connectivity index (χ0) is 19.0. The molecule has 0 aliphatic carbocycles. The Bertz CT molecular complexity index is 1150. The number of hydrogen-bond acceptors (Lipinski definition) is 6. The molecule has 0 amide bonds. The molecule has 0 bridgehead atoms. The third kappa shape index (κ3) is 3.11. The van der Waals surface area contributed by atoms with Gasteiger partial charge in [-0.3, -0.25) is 0 Å². The van der Waals surface area contributed by atoms with E-state index in [1.165, 1.54) is 11.3 Å². The number of quaternary nitrogens is 1. The minimum atomic E-state index is -0.939. The molecule has 0 aliphatic heterocycles. The van der Waals surface area contributed by atoms with Crippen molar-refractivity contribution in [1.82, 2.24) is 19.1 Å². The highest BCUT2D eigenvalue weighted by molar-refractivity contribution is 7.13. The maximum Gasteiger partial charge on any atom is 0.220 e. The van der Waals surface area contributed by atoms with Crippen LogP contribution in [-0.4, -0.2) is 24.3 Å². The lowest BCUT2D eigenvalue weighted by atomic mass is 10.2. The number of thiophene rings is 1. The number of hydrogen-bond donors (Lipinski definition) is 2. The summed E-state index contributed by atoms with van der Waals surface area (Å²) in [5.74, 6) is 1.56. The van der Waals surface area contributed by atoms with E-state index >= 15 is 0 Å². The van der Waals surface area contributed by atoms with Crippen molar-refractivity contribution in [3.05, 3.63) is 58.6 Å². The van der Waals surface area contributed by atoms with Crippen LogP contribution >= 0.6 is 11.3 Å². The number of benzene rings is 1. The summed E-state index contributed by atoms with van der Waals surface area (Å²) in [6.07, 6.45) is 3.55. The average Bonchev–Trinajstić information content (AvgIpc) is 3.38. The lowest BCUT2D eigenvalue weighted by Gasteiger charge is -2.09. The van der Waals surface area contributed by atoms with E-state index in [0.29, 0.717) is 17.9 Å². The Morgan fingerprint density at radius 2 is 2.22 bits per heavy atom. The largest absolute Gasteiger partial charge is 0.594 e. The van der Waals surface area contributed by atoms with Gasteiger partial charge in [-0.05, 0) is 25.1 Å². The summed E-state index contributed by atoms with van der Waals surface area (Å²) in [7, 11) is 0. The van der Waals surface area contributed by atoms with Crippen molar-refractivity contribution >= 4 is 27.4 Å². The van der Waals surface area contributed by atoms with Gasteiger partial charge in [0.2, 0.25) is 5.00 Å². The van der Waals surface area contributed by atoms with Crippen molar-refractivity contribution < 1.29 is 10.4 Å². The van der Waals surface area contributed by atoms with Gasteiger partial charge in [0.15, 0.2) is 0 Å². The predicted molar refractivity (Wildman–Crippen MR) is 101 cm³/mol. The van der Waals surface area contributed by atoms with E-state index in [1.54, 1.807) is 29.8 Å². The van der Waals surface area contributed by atoms with E-state index in [-0.39, 0.29) is 5.00 Å². The summed E-state index contributed by atoms with van der Waals surface area (Å²) in [5.41, 5.74) is 3.12. The minimum absolute atomic E-state index is 0.282. The van der Waals surface area contributed by atoms with E-state index in [2.05, 4.69) is 22.5 Å². The Hall–Kier alpha value is -3.03. The molecule has 4 aromatic rings. The fourth-order valence-corrected chi connectivity index (χ4v) is 3.86.